The summed E-state index contributed by atoms with van der Waals surface area (Å²) < 4.78 is 1.07. The fourth-order valence-corrected chi connectivity index (χ4v) is 2.46. The minimum atomic E-state index is -0.0784. The summed E-state index contributed by atoms with van der Waals surface area (Å²) >= 11 is 3.03. The molecule has 0 radical (unpaired) electrons. The van der Waals surface area contributed by atoms with Crippen molar-refractivity contribution in [2.75, 3.05) is 18.5 Å². The van der Waals surface area contributed by atoms with Crippen molar-refractivity contribution in [1.29, 1.82) is 0 Å². The van der Waals surface area contributed by atoms with E-state index < -0.39 is 0 Å². The number of amides is 1. The van der Waals surface area contributed by atoms with Gasteiger partial charge in [0.1, 0.15) is 4.88 Å². The first-order valence-corrected chi connectivity index (χ1v) is 5.94. The highest BCUT2D eigenvalue weighted by molar-refractivity contribution is 8.00. The van der Waals surface area contributed by atoms with Crippen LogP contribution in [0.3, 0.4) is 0 Å². The second kappa shape index (κ2) is 4.53. The highest BCUT2D eigenvalue weighted by Gasteiger charge is 2.12. The summed E-state index contributed by atoms with van der Waals surface area (Å²) in [5.41, 5.74) is 6.25. The minimum Gasteiger partial charge on any atom is -0.397 e. The Morgan fingerprint density at radius 2 is 2.46 bits per heavy atom. The Bertz CT molecular complexity index is 309. The minimum absolute atomic E-state index is 0.0784. The van der Waals surface area contributed by atoms with E-state index >= 15 is 0 Å². The highest BCUT2D eigenvalue weighted by Crippen LogP contribution is 2.30. The standard InChI is InChI=1S/C8H12N2OS2/c1-3-10-8(11)7-5(9)4-6(12-2)13-7/h4H,3,9H2,1-2H3,(H,10,11). The molecule has 13 heavy (non-hydrogen) atoms. The first kappa shape index (κ1) is 10.4. The molecule has 0 aliphatic heterocycles. The summed E-state index contributed by atoms with van der Waals surface area (Å²) in [6.07, 6.45) is 1.97. The molecule has 1 rings (SSSR count). The topological polar surface area (TPSA) is 55.1 Å². The molecule has 0 unspecified atom stereocenters. The molecule has 0 atom stereocenters. The summed E-state index contributed by atoms with van der Waals surface area (Å²) in [5, 5.41) is 2.72. The summed E-state index contributed by atoms with van der Waals surface area (Å²) in [5.74, 6) is -0.0784. The van der Waals surface area contributed by atoms with Gasteiger partial charge in [0.15, 0.2) is 0 Å². The second-order valence-corrected chi connectivity index (χ2v) is 4.57. The quantitative estimate of drug-likeness (QED) is 0.758. The molecular weight excluding hydrogens is 204 g/mol. The lowest BCUT2D eigenvalue weighted by molar-refractivity contribution is 0.0960. The molecule has 1 aromatic rings. The zero-order chi connectivity index (χ0) is 9.84. The van der Waals surface area contributed by atoms with E-state index in [9.17, 15) is 4.79 Å². The summed E-state index contributed by atoms with van der Waals surface area (Å²) in [6, 6.07) is 1.83. The number of nitrogen functional groups attached to an aromatic ring is 1. The predicted molar refractivity (Wildman–Crippen MR) is 58.5 cm³/mol. The number of carbonyl (C=O) groups excluding carboxylic acids is 1. The molecule has 0 aliphatic rings. The van der Waals surface area contributed by atoms with Gasteiger partial charge in [-0.2, -0.15) is 0 Å². The molecule has 1 amide bonds. The number of thiophene rings is 1. The van der Waals surface area contributed by atoms with E-state index in [1.807, 2.05) is 19.2 Å². The van der Waals surface area contributed by atoms with Crippen molar-refractivity contribution in [3.63, 3.8) is 0 Å². The van der Waals surface area contributed by atoms with Crippen LogP contribution in [0.2, 0.25) is 0 Å². The van der Waals surface area contributed by atoms with Gasteiger partial charge in [0, 0.05) is 6.54 Å². The number of nitrogens with two attached hydrogens (primary N) is 1. The van der Waals surface area contributed by atoms with E-state index in [-0.39, 0.29) is 5.91 Å². The van der Waals surface area contributed by atoms with E-state index in [1.54, 1.807) is 11.8 Å². The summed E-state index contributed by atoms with van der Waals surface area (Å²) in [4.78, 5) is 12.0. The molecule has 0 saturated carbocycles. The lowest BCUT2D eigenvalue weighted by Gasteiger charge is -1.98. The molecule has 3 nitrogen and oxygen atoms in total. The van der Waals surface area contributed by atoms with Crippen molar-refractivity contribution in [3.05, 3.63) is 10.9 Å². The summed E-state index contributed by atoms with van der Waals surface area (Å²) in [7, 11) is 0. The van der Waals surface area contributed by atoms with E-state index in [0.29, 0.717) is 17.1 Å². The third kappa shape index (κ3) is 2.38. The molecule has 3 N–H and O–H groups in total. The molecule has 0 aromatic carbocycles. The Labute approximate surface area is 85.7 Å². The first-order valence-electron chi connectivity index (χ1n) is 3.90. The van der Waals surface area contributed by atoms with Crippen molar-refractivity contribution in [2.45, 2.75) is 11.1 Å². The van der Waals surface area contributed by atoms with Crippen LogP contribution in [0.15, 0.2) is 10.3 Å². The third-order valence-corrected chi connectivity index (χ3v) is 3.70. The van der Waals surface area contributed by atoms with Gasteiger partial charge in [-0.1, -0.05) is 0 Å². The maximum Gasteiger partial charge on any atom is 0.263 e. The molecule has 0 spiro atoms. The van der Waals surface area contributed by atoms with Gasteiger partial charge in [0.05, 0.1) is 9.90 Å². The van der Waals surface area contributed by atoms with Gasteiger partial charge in [-0.05, 0) is 19.2 Å². The van der Waals surface area contributed by atoms with Crippen LogP contribution in [0.4, 0.5) is 5.69 Å². The summed E-state index contributed by atoms with van der Waals surface area (Å²) in [6.45, 7) is 2.52. The van der Waals surface area contributed by atoms with E-state index in [1.165, 1.54) is 11.3 Å². The first-order chi connectivity index (χ1) is 6.19. The van der Waals surface area contributed by atoms with Crippen molar-refractivity contribution in [1.82, 2.24) is 5.32 Å². The number of rotatable bonds is 3. The molecule has 1 aromatic heterocycles. The van der Waals surface area contributed by atoms with Crippen LogP contribution in [0.1, 0.15) is 16.6 Å². The average molecular weight is 216 g/mol. The highest BCUT2D eigenvalue weighted by atomic mass is 32.2. The van der Waals surface area contributed by atoms with Gasteiger partial charge < -0.3 is 11.1 Å². The van der Waals surface area contributed by atoms with E-state index in [2.05, 4.69) is 5.32 Å². The maximum atomic E-state index is 11.4. The third-order valence-electron chi connectivity index (χ3n) is 1.48. The lowest BCUT2D eigenvalue weighted by Crippen LogP contribution is -2.22. The normalized spacial score (nSPS) is 10.0. The van der Waals surface area contributed by atoms with Gasteiger partial charge in [0.2, 0.25) is 0 Å². The molecular formula is C8H12N2OS2. The Balaban J connectivity index is 2.87. The Morgan fingerprint density at radius 3 is 2.92 bits per heavy atom. The molecule has 0 saturated heterocycles. The molecule has 1 heterocycles. The van der Waals surface area contributed by atoms with Gasteiger partial charge in [-0.25, -0.2) is 0 Å². The molecule has 0 bridgehead atoms. The van der Waals surface area contributed by atoms with E-state index in [4.69, 9.17) is 5.73 Å². The van der Waals surface area contributed by atoms with Crippen molar-refractivity contribution in [2.24, 2.45) is 0 Å². The largest absolute Gasteiger partial charge is 0.397 e. The van der Waals surface area contributed by atoms with Crippen LogP contribution in [-0.2, 0) is 0 Å². The smallest absolute Gasteiger partial charge is 0.263 e. The van der Waals surface area contributed by atoms with Gasteiger partial charge in [-0.15, -0.1) is 23.1 Å². The maximum absolute atomic E-state index is 11.4. The van der Waals surface area contributed by atoms with Crippen molar-refractivity contribution in [3.8, 4) is 0 Å². The number of hydrogen-bond acceptors (Lipinski definition) is 4. The van der Waals surface area contributed by atoms with Crippen LogP contribution in [0.25, 0.3) is 0 Å². The molecule has 5 heteroatoms. The van der Waals surface area contributed by atoms with Gasteiger partial charge in [-0.3, -0.25) is 4.79 Å². The SMILES string of the molecule is CCNC(=O)c1sc(SC)cc1N. The number of carbonyl (C=O) groups is 1. The fourth-order valence-electron chi connectivity index (χ4n) is 0.900. The monoisotopic (exact) mass is 216 g/mol. The van der Waals surface area contributed by atoms with Gasteiger partial charge in [0.25, 0.3) is 5.91 Å². The lowest BCUT2D eigenvalue weighted by atomic mass is 10.4. The zero-order valence-corrected chi connectivity index (χ0v) is 9.22. The number of anilines is 1. The van der Waals surface area contributed by atoms with Crippen LogP contribution in [-0.4, -0.2) is 18.7 Å². The molecule has 0 fully saturated rings. The Hall–Kier alpha value is -0.680. The van der Waals surface area contributed by atoms with Gasteiger partial charge >= 0.3 is 0 Å². The number of thioether (sulfide) groups is 1. The fraction of sp³-hybridized carbons (Fsp3) is 0.375. The van der Waals surface area contributed by atoms with Crippen LogP contribution in [0, 0.1) is 0 Å². The van der Waals surface area contributed by atoms with E-state index in [0.717, 1.165) is 4.21 Å². The molecule has 0 aliphatic carbocycles. The number of nitrogens with one attached hydrogen (secondary N) is 1. The zero-order valence-electron chi connectivity index (χ0n) is 7.59. The Kier molecular flexibility index (Phi) is 3.62. The van der Waals surface area contributed by atoms with Crippen LogP contribution < -0.4 is 11.1 Å². The van der Waals surface area contributed by atoms with Crippen molar-refractivity contribution >= 4 is 34.7 Å². The molecule has 72 valence electrons. The number of hydrogen-bond donors (Lipinski definition) is 2. The Morgan fingerprint density at radius 1 is 1.77 bits per heavy atom. The predicted octanol–water partition coefficient (Wildman–Crippen LogP) is 1.80. The van der Waals surface area contributed by atoms with Crippen LogP contribution in [0.5, 0.6) is 0 Å². The second-order valence-electron chi connectivity index (χ2n) is 2.41. The van der Waals surface area contributed by atoms with Crippen LogP contribution >= 0.6 is 23.1 Å². The average Bonchev–Trinajstić information content (AvgIpc) is 2.47. The van der Waals surface area contributed by atoms with Crippen molar-refractivity contribution < 1.29 is 4.79 Å².